The predicted molar refractivity (Wildman–Crippen MR) is 104 cm³/mol. The molecule has 1 rings (SSSR count). The van der Waals surface area contributed by atoms with Crippen LogP contribution in [-0.2, 0) is 9.84 Å². The van der Waals surface area contributed by atoms with E-state index >= 15 is 0 Å². The Kier molecular flexibility index (Phi) is 9.07. The van der Waals surface area contributed by atoms with Crippen molar-refractivity contribution in [2.24, 2.45) is 4.99 Å². The van der Waals surface area contributed by atoms with Crippen molar-refractivity contribution < 1.29 is 8.42 Å². The minimum absolute atomic E-state index is 0.00990. The molecule has 0 heterocycles. The summed E-state index contributed by atoms with van der Waals surface area (Å²) in [6.07, 6.45) is 3.83. The van der Waals surface area contributed by atoms with Crippen molar-refractivity contribution in [2.45, 2.75) is 24.7 Å². The van der Waals surface area contributed by atoms with Crippen LogP contribution in [0.4, 0.5) is 0 Å². The molecule has 0 fully saturated rings. The molecule has 0 amide bonds. The van der Waals surface area contributed by atoms with E-state index in [0.717, 1.165) is 36.4 Å². The largest absolute Gasteiger partial charge is 0.357 e. The fraction of sp³-hybridized carbons (Fsp3) is 0.471. The lowest BCUT2D eigenvalue weighted by Gasteiger charge is -2.21. The highest BCUT2D eigenvalue weighted by Crippen LogP contribution is 2.15. The molecule has 0 aromatic heterocycles. The lowest BCUT2D eigenvalue weighted by atomic mass is 10.3. The molecule has 0 aliphatic carbocycles. The lowest BCUT2D eigenvalue weighted by Crippen LogP contribution is -2.39. The van der Waals surface area contributed by atoms with Gasteiger partial charge in [0.1, 0.15) is 0 Å². The monoisotopic (exact) mass is 415 g/mol. The van der Waals surface area contributed by atoms with E-state index in [0.29, 0.717) is 4.90 Å². The topological polar surface area (TPSA) is 61.8 Å². The molecule has 1 aromatic rings. The Balaban J connectivity index is 2.68. The Bertz CT molecular complexity index is 642. The predicted octanol–water partition coefficient (Wildman–Crippen LogP) is 3.09. The van der Waals surface area contributed by atoms with Gasteiger partial charge in [-0.3, -0.25) is 4.99 Å². The third-order valence-electron chi connectivity index (χ3n) is 3.39. The van der Waals surface area contributed by atoms with E-state index in [4.69, 9.17) is 0 Å². The van der Waals surface area contributed by atoms with Gasteiger partial charge in [-0.25, -0.2) is 8.42 Å². The van der Waals surface area contributed by atoms with Gasteiger partial charge in [-0.1, -0.05) is 22.0 Å². The maximum atomic E-state index is 12.3. The van der Waals surface area contributed by atoms with E-state index in [1.165, 1.54) is 0 Å². The molecule has 0 spiro atoms. The van der Waals surface area contributed by atoms with E-state index in [1.807, 2.05) is 24.9 Å². The van der Waals surface area contributed by atoms with Gasteiger partial charge in [0.15, 0.2) is 15.8 Å². The summed E-state index contributed by atoms with van der Waals surface area (Å²) in [6, 6.07) is 6.67. The second-order valence-electron chi connectivity index (χ2n) is 5.36. The van der Waals surface area contributed by atoms with Crippen molar-refractivity contribution in [1.29, 1.82) is 0 Å². The Morgan fingerprint density at radius 1 is 1.38 bits per heavy atom. The number of allylic oxidation sites excluding steroid dienone is 1. The summed E-state index contributed by atoms with van der Waals surface area (Å²) in [7, 11) is -1.37. The molecule has 0 bridgehead atoms. The van der Waals surface area contributed by atoms with Crippen molar-refractivity contribution >= 4 is 31.7 Å². The van der Waals surface area contributed by atoms with Gasteiger partial charge in [0.2, 0.25) is 0 Å². The van der Waals surface area contributed by atoms with Crippen LogP contribution in [0.1, 0.15) is 19.8 Å². The van der Waals surface area contributed by atoms with Crippen molar-refractivity contribution in [1.82, 2.24) is 10.2 Å². The van der Waals surface area contributed by atoms with Crippen molar-refractivity contribution in [3.05, 3.63) is 41.4 Å². The summed E-state index contributed by atoms with van der Waals surface area (Å²) in [5.41, 5.74) is 0. The fourth-order valence-electron chi connectivity index (χ4n) is 2.08. The molecule has 0 saturated heterocycles. The third-order valence-corrected chi connectivity index (χ3v) is 5.63. The van der Waals surface area contributed by atoms with Crippen LogP contribution in [0.2, 0.25) is 0 Å². The molecule has 0 radical (unpaired) electrons. The number of hydrogen-bond donors (Lipinski definition) is 1. The first-order valence-electron chi connectivity index (χ1n) is 7.99. The fourth-order valence-corrected chi connectivity index (χ4v) is 3.46. The molecule has 24 heavy (non-hydrogen) atoms. The number of unbranched alkanes of at least 4 members (excludes halogenated alkanes) is 1. The van der Waals surface area contributed by atoms with E-state index < -0.39 is 9.84 Å². The normalized spacial score (nSPS) is 12.0. The van der Waals surface area contributed by atoms with Crippen molar-refractivity contribution in [2.75, 3.05) is 32.4 Å². The van der Waals surface area contributed by atoms with Crippen LogP contribution >= 0.6 is 15.9 Å². The zero-order valence-corrected chi connectivity index (χ0v) is 16.7. The van der Waals surface area contributed by atoms with Crippen LogP contribution in [0.15, 0.2) is 51.3 Å². The summed E-state index contributed by atoms with van der Waals surface area (Å²) in [5.74, 6) is 0.719. The maximum Gasteiger partial charge on any atom is 0.193 e. The van der Waals surface area contributed by atoms with Crippen LogP contribution in [-0.4, -0.2) is 51.7 Å². The number of nitrogens with one attached hydrogen (secondary N) is 1. The minimum Gasteiger partial charge on any atom is -0.357 e. The van der Waals surface area contributed by atoms with Crippen LogP contribution in [0.5, 0.6) is 0 Å². The Labute approximate surface area is 153 Å². The second-order valence-corrected chi connectivity index (χ2v) is 8.39. The number of aliphatic imine (C=N–C) groups is 1. The molecular formula is C17H26BrN3O2S. The Morgan fingerprint density at radius 2 is 2.04 bits per heavy atom. The summed E-state index contributed by atoms with van der Waals surface area (Å²) < 4.78 is 25.5. The third kappa shape index (κ3) is 7.05. The molecule has 134 valence electrons. The van der Waals surface area contributed by atoms with Gasteiger partial charge in [0.25, 0.3) is 0 Å². The van der Waals surface area contributed by atoms with Gasteiger partial charge in [-0.15, -0.1) is 6.58 Å². The van der Waals surface area contributed by atoms with Crippen LogP contribution in [0, 0.1) is 0 Å². The highest BCUT2D eigenvalue weighted by molar-refractivity contribution is 9.10. The number of benzene rings is 1. The van der Waals surface area contributed by atoms with Gasteiger partial charge < -0.3 is 10.2 Å². The van der Waals surface area contributed by atoms with Gasteiger partial charge in [0.05, 0.1) is 17.2 Å². The van der Waals surface area contributed by atoms with Crippen molar-refractivity contribution in [3.8, 4) is 0 Å². The van der Waals surface area contributed by atoms with E-state index in [2.05, 4.69) is 32.8 Å². The smallest absolute Gasteiger partial charge is 0.193 e. The number of hydrogen-bond acceptors (Lipinski definition) is 3. The molecule has 0 aliphatic rings. The van der Waals surface area contributed by atoms with Gasteiger partial charge >= 0.3 is 0 Å². The highest BCUT2D eigenvalue weighted by atomic mass is 79.9. The first-order chi connectivity index (χ1) is 11.4. The Morgan fingerprint density at radius 3 is 2.62 bits per heavy atom. The SMILES string of the molecule is C=CCCCN(C)C(=NCCS(=O)(=O)c1ccc(Br)cc1)NCC. The number of rotatable bonds is 9. The second kappa shape index (κ2) is 10.5. The maximum absolute atomic E-state index is 12.3. The van der Waals surface area contributed by atoms with Gasteiger partial charge in [0, 0.05) is 24.6 Å². The van der Waals surface area contributed by atoms with Gasteiger partial charge in [-0.05, 0) is 44.0 Å². The quantitative estimate of drug-likeness (QED) is 0.291. The van der Waals surface area contributed by atoms with Crippen molar-refractivity contribution in [3.63, 3.8) is 0 Å². The highest BCUT2D eigenvalue weighted by Gasteiger charge is 2.14. The number of nitrogens with zero attached hydrogens (tertiary/aromatic N) is 2. The standard InChI is InChI=1S/C17H26BrN3O2S/c1-4-6-7-13-21(3)17(19-5-2)20-12-14-24(22,23)16-10-8-15(18)9-11-16/h4,8-11H,1,5-7,12-14H2,2-3H3,(H,19,20). The van der Waals surface area contributed by atoms with Crippen LogP contribution in [0.3, 0.4) is 0 Å². The molecule has 1 N–H and O–H groups in total. The lowest BCUT2D eigenvalue weighted by molar-refractivity contribution is 0.470. The molecule has 0 aliphatic heterocycles. The Hall–Kier alpha value is -1.34. The summed E-state index contributed by atoms with van der Waals surface area (Å²) in [4.78, 5) is 6.78. The average Bonchev–Trinajstić information content (AvgIpc) is 2.54. The minimum atomic E-state index is -3.32. The first kappa shape index (κ1) is 20.7. The first-order valence-corrected chi connectivity index (χ1v) is 10.4. The number of guanidine groups is 1. The van der Waals surface area contributed by atoms with E-state index in [9.17, 15) is 8.42 Å². The molecule has 0 atom stereocenters. The van der Waals surface area contributed by atoms with Crippen LogP contribution in [0.25, 0.3) is 0 Å². The molecule has 1 aromatic carbocycles. The van der Waals surface area contributed by atoms with Crippen LogP contribution < -0.4 is 5.32 Å². The molecular weight excluding hydrogens is 390 g/mol. The summed E-state index contributed by atoms with van der Waals surface area (Å²) in [5, 5.41) is 3.19. The number of sulfone groups is 1. The summed E-state index contributed by atoms with van der Waals surface area (Å²) in [6.45, 7) is 7.52. The van der Waals surface area contributed by atoms with E-state index in [1.54, 1.807) is 24.3 Å². The summed E-state index contributed by atoms with van der Waals surface area (Å²) >= 11 is 3.31. The zero-order valence-electron chi connectivity index (χ0n) is 14.3. The number of halogens is 1. The molecule has 0 saturated carbocycles. The average molecular weight is 416 g/mol. The molecule has 5 nitrogen and oxygen atoms in total. The molecule has 0 unspecified atom stereocenters. The van der Waals surface area contributed by atoms with Gasteiger partial charge in [-0.2, -0.15) is 0 Å². The zero-order chi connectivity index (χ0) is 18.0. The van der Waals surface area contributed by atoms with E-state index in [-0.39, 0.29) is 12.3 Å². The molecule has 7 heteroatoms.